The molecular weight excluding hydrogens is 1760 g/mol. The van der Waals surface area contributed by atoms with Gasteiger partial charge in [0.25, 0.3) is 0 Å². The predicted octanol–water partition coefficient (Wildman–Crippen LogP) is -24.7. The first-order valence-electron chi connectivity index (χ1n) is 40.7. The van der Waals surface area contributed by atoms with Gasteiger partial charge in [0.1, 0.15) is 268 Å². The predicted molar refractivity (Wildman–Crippen MR) is 386 cm³/mol. The van der Waals surface area contributed by atoms with Gasteiger partial charge in [-0.25, -0.2) is 0 Å². The summed E-state index contributed by atoms with van der Waals surface area (Å²) in [6.45, 7) is -10.9. The van der Waals surface area contributed by atoms with E-state index >= 15 is 0 Å². The van der Waals surface area contributed by atoms with Gasteiger partial charge in [-0.1, -0.05) is 0 Å². The van der Waals surface area contributed by atoms with Crippen LogP contribution in [0, 0.1) is 0 Å². The van der Waals surface area contributed by atoms with Gasteiger partial charge >= 0.3 is 0 Å². The minimum atomic E-state index is -2.68. The number of aliphatic hydroxyl groups excluding tert-OH is 33. The van der Waals surface area contributed by atoms with E-state index in [0.717, 1.165) is 13.8 Å². The Hall–Kier alpha value is -3.22. The molecule has 11 aliphatic rings. The molecule has 1 unspecified atom stereocenters. The normalized spacial score (nSPS) is 51.7. The smallest absolute Gasteiger partial charge is 0.217 e. The molecule has 744 valence electrons. The summed E-state index contributed by atoms with van der Waals surface area (Å²) < 4.78 is 123. The third kappa shape index (κ3) is 22.5. The Balaban J connectivity index is 0.952. The van der Waals surface area contributed by atoms with Crippen molar-refractivity contribution < 1.29 is 278 Å². The number of hydrogen-bond acceptors (Lipinski definition) is 56. The molecule has 35 N–H and O–H groups in total. The molecule has 11 heterocycles. The standard InChI is InChI=1S/C70H118N2O56/c1-14(82)71-27-38(93)52(23(10-80)110-60(27)107)121-61-28(72-15(2)83)39(94)53(24(11-81)118-61)122-67-51(106)56(125-70-59(45(100)34(89)21(8-78)117-70)128-66-50(105)54(35(90)22(9-79)114-66)123-63-46(101)40(95)29(84)16(3-73)111-63)37(92)26(120-67)12-108-62-49(104)55(124-69-58(44(99)33(88)20(7-77)116-69)127-65-48(103)42(97)31(86)18(5-75)113-65)36(91)25(119-62)13-109-68-57(43(98)32(87)19(6-76)115-68)126-64-47(102)41(96)30(85)17(4-74)112-64/h16-70,73-81,84-107H,3-13H2,1-2H3,(H,71,82)(H,72,83)/t16-,17-,18-,19-,20-,21-,22-,23-,24-,25-,26-,27-,28-,29-,30-,31-,32-,33-,34-,35-,36-,37-,38-,39-,40+,41+,42+,43+,44+,45+,46-,47+,48+,49+,50+,51+,52-,53-,54+,55+,56+,57+,58+,59+,60?,61+,62+,63-,64-,65-,66-,67+,68+,69-,70-/m1/s1. The lowest BCUT2D eigenvalue weighted by Crippen LogP contribution is -2.70. The average Bonchev–Trinajstić information content (AvgIpc) is 0.762. The van der Waals surface area contributed by atoms with Crippen LogP contribution in [0.25, 0.3) is 0 Å². The highest BCUT2D eigenvalue weighted by atomic mass is 16.8. The van der Waals surface area contributed by atoms with Crippen molar-refractivity contribution in [3.63, 3.8) is 0 Å². The second-order valence-electron chi connectivity index (χ2n) is 32.3. The zero-order valence-electron chi connectivity index (χ0n) is 67.7. The summed E-state index contributed by atoms with van der Waals surface area (Å²) in [6, 6.07) is -3.70. The molecule has 55 atom stereocenters. The fraction of sp³-hybridized carbons (Fsp3) is 0.971. The Labute approximate surface area is 722 Å². The number of carbonyl (C=O) groups excluding carboxylic acids is 2. The molecule has 0 radical (unpaired) electrons. The zero-order chi connectivity index (χ0) is 94.0. The van der Waals surface area contributed by atoms with Crippen LogP contribution in [0.1, 0.15) is 13.8 Å². The Bertz CT molecular complexity index is 3380. The van der Waals surface area contributed by atoms with E-state index in [0.29, 0.717) is 0 Å². The Morgan fingerprint density at radius 2 is 0.430 bits per heavy atom. The maximum absolute atomic E-state index is 13.1. The number of ether oxygens (including phenoxy) is 21. The third-order valence-corrected chi connectivity index (χ3v) is 23.8. The van der Waals surface area contributed by atoms with E-state index in [9.17, 15) is 178 Å². The number of rotatable bonds is 33. The summed E-state index contributed by atoms with van der Waals surface area (Å²) in [5.74, 6) is -1.82. The van der Waals surface area contributed by atoms with Crippen LogP contribution in [0.15, 0.2) is 0 Å². The van der Waals surface area contributed by atoms with Crippen LogP contribution in [0.2, 0.25) is 0 Å². The molecule has 0 aromatic heterocycles. The summed E-state index contributed by atoms with van der Waals surface area (Å²) in [7, 11) is 0. The maximum atomic E-state index is 13.1. The van der Waals surface area contributed by atoms with E-state index in [4.69, 9.17) is 99.5 Å². The first-order valence-corrected chi connectivity index (χ1v) is 40.7. The quantitative estimate of drug-likeness (QED) is 0.0290. The summed E-state index contributed by atoms with van der Waals surface area (Å²) in [4.78, 5) is 25.3. The van der Waals surface area contributed by atoms with Crippen molar-refractivity contribution in [3.05, 3.63) is 0 Å². The van der Waals surface area contributed by atoms with Crippen molar-refractivity contribution in [2.24, 2.45) is 0 Å². The number of aliphatic hydroxyl groups is 33. The lowest BCUT2D eigenvalue weighted by molar-refractivity contribution is -0.405. The van der Waals surface area contributed by atoms with E-state index in [1.54, 1.807) is 0 Å². The highest BCUT2D eigenvalue weighted by Gasteiger charge is 2.62. The SMILES string of the molecule is CC(=O)N[C@H]1[C@H](O[C@H]2[C@H](O)[C@@H](NC(C)=O)C(O)O[C@@H]2CO)O[C@H](CO)[C@@H](O[C@@H]2O[C@H](CO[C@H]3O[C@H](CO[C@H]4O[C@H](CO)[C@@H](O)[C@H](O)[C@@H]4O[C@H]4O[C@H](CO)[C@@H](O)[C@H](O)[C@@H]4O)[C@@H](O)[C@H](O[C@H]4O[C@H](CO)[C@@H](O)[C@H](O)[C@@H]4O[C@H]4O[C@H](CO)[C@@H](O)[C@H](O)[C@@H]4O)[C@@H]3O)[C@@H](O)[C@H](O[C@H]3O[C@H](CO)[C@@H](O)[C@H](O)[C@@H]3O[C@H]3O[C@H](CO)[C@@H](O)[C@H](O[C@H]4O[C@H](CO)[C@@H](O)[C@H](O)[C@H]4O)[C@@H]3O)[C@@H]2O)[C@@H]1O. The lowest BCUT2D eigenvalue weighted by Gasteiger charge is -2.51. The van der Waals surface area contributed by atoms with Crippen molar-refractivity contribution in [2.45, 2.75) is 351 Å². The number of amides is 2. The molecule has 128 heavy (non-hydrogen) atoms. The molecule has 0 aliphatic carbocycles. The second kappa shape index (κ2) is 45.8. The zero-order valence-corrected chi connectivity index (χ0v) is 67.7. The van der Waals surface area contributed by atoms with Gasteiger partial charge in [-0.2, -0.15) is 0 Å². The van der Waals surface area contributed by atoms with Crippen LogP contribution >= 0.6 is 0 Å². The van der Waals surface area contributed by atoms with Crippen molar-refractivity contribution in [2.75, 3.05) is 72.7 Å². The summed E-state index contributed by atoms with van der Waals surface area (Å²) in [5, 5.41) is 372. The molecule has 58 heteroatoms. The summed E-state index contributed by atoms with van der Waals surface area (Å²) >= 11 is 0. The maximum Gasteiger partial charge on any atom is 0.217 e. The van der Waals surface area contributed by atoms with Gasteiger partial charge in [0.15, 0.2) is 69.2 Å². The molecule has 11 aliphatic heterocycles. The largest absolute Gasteiger partial charge is 0.394 e. The van der Waals surface area contributed by atoms with Gasteiger partial charge in [-0.05, 0) is 0 Å². The van der Waals surface area contributed by atoms with E-state index < -0.39 is 422 Å². The van der Waals surface area contributed by atoms with Crippen molar-refractivity contribution in [1.29, 1.82) is 0 Å². The minimum Gasteiger partial charge on any atom is -0.394 e. The average molecular weight is 1880 g/mol. The minimum absolute atomic E-state index is 0.822. The van der Waals surface area contributed by atoms with Gasteiger partial charge in [0.2, 0.25) is 11.8 Å². The van der Waals surface area contributed by atoms with Gasteiger partial charge in [0, 0.05) is 13.8 Å². The Kier molecular flexibility index (Phi) is 37.7. The fourth-order valence-corrected chi connectivity index (χ4v) is 16.5. The van der Waals surface area contributed by atoms with Crippen LogP contribution in [0.3, 0.4) is 0 Å². The van der Waals surface area contributed by atoms with E-state index in [-0.39, 0.29) is 0 Å². The van der Waals surface area contributed by atoms with Crippen LogP contribution in [0.5, 0.6) is 0 Å². The van der Waals surface area contributed by atoms with E-state index in [2.05, 4.69) is 10.6 Å². The summed E-state index contributed by atoms with van der Waals surface area (Å²) in [5.41, 5.74) is 0. The molecule has 0 bridgehead atoms. The number of carbonyl (C=O) groups is 2. The van der Waals surface area contributed by atoms with Gasteiger partial charge in [-0.3, -0.25) is 9.59 Å². The van der Waals surface area contributed by atoms with Crippen LogP contribution < -0.4 is 10.6 Å². The molecule has 2 amide bonds. The van der Waals surface area contributed by atoms with Crippen molar-refractivity contribution >= 4 is 11.8 Å². The first-order chi connectivity index (χ1) is 60.7. The summed E-state index contributed by atoms with van der Waals surface area (Å²) in [6.07, 6.45) is -117. The molecule has 0 aromatic carbocycles. The highest BCUT2D eigenvalue weighted by Crippen LogP contribution is 2.42. The topological polar surface area (TPSA) is 920 Å². The molecule has 0 saturated carbocycles. The Morgan fingerprint density at radius 3 is 0.789 bits per heavy atom. The van der Waals surface area contributed by atoms with Crippen LogP contribution in [-0.2, 0) is 109 Å². The molecule has 11 fully saturated rings. The second-order valence-corrected chi connectivity index (χ2v) is 32.3. The van der Waals surface area contributed by atoms with Crippen molar-refractivity contribution in [1.82, 2.24) is 10.6 Å². The molecule has 0 spiro atoms. The van der Waals surface area contributed by atoms with Gasteiger partial charge in [0.05, 0.1) is 72.7 Å². The van der Waals surface area contributed by atoms with E-state index in [1.165, 1.54) is 0 Å². The first kappa shape index (κ1) is 105. The van der Waals surface area contributed by atoms with E-state index in [1.807, 2.05) is 0 Å². The van der Waals surface area contributed by atoms with Crippen molar-refractivity contribution in [3.8, 4) is 0 Å². The van der Waals surface area contributed by atoms with Gasteiger partial charge < -0.3 is 279 Å². The lowest BCUT2D eigenvalue weighted by atomic mass is 9.94. The monoisotopic (exact) mass is 1880 g/mol. The fourth-order valence-electron chi connectivity index (χ4n) is 16.5. The van der Waals surface area contributed by atoms with Crippen LogP contribution in [0.4, 0.5) is 0 Å². The van der Waals surface area contributed by atoms with Gasteiger partial charge in [-0.15, -0.1) is 0 Å². The number of nitrogens with one attached hydrogen (secondary N) is 2. The third-order valence-electron chi connectivity index (χ3n) is 23.8. The molecular formula is C70H118N2O56. The van der Waals surface area contributed by atoms with Crippen LogP contribution in [-0.4, -0.2) is 591 Å². The molecule has 11 rings (SSSR count). The molecule has 11 saturated heterocycles. The molecule has 0 aromatic rings. The highest BCUT2D eigenvalue weighted by molar-refractivity contribution is 5.73. The number of hydrogen-bond donors (Lipinski definition) is 35. The molecule has 58 nitrogen and oxygen atoms in total. The Morgan fingerprint density at radius 1 is 0.203 bits per heavy atom.